The van der Waals surface area contributed by atoms with Crippen molar-refractivity contribution in [3.8, 4) is 12.3 Å². The summed E-state index contributed by atoms with van der Waals surface area (Å²) >= 11 is 0. The monoisotopic (exact) mass is 288 g/mol. The number of hydrogen-bond donors (Lipinski definition) is 2. The molecule has 21 heavy (non-hydrogen) atoms. The average Bonchev–Trinajstić information content (AvgIpc) is 2.46. The minimum absolute atomic E-state index is 0.0410. The van der Waals surface area contributed by atoms with Crippen LogP contribution >= 0.6 is 0 Å². The number of hydrogen-bond acceptors (Lipinski definition) is 3. The first kappa shape index (κ1) is 16.6. The van der Waals surface area contributed by atoms with Gasteiger partial charge >= 0.3 is 5.97 Å². The lowest BCUT2D eigenvalue weighted by molar-refractivity contribution is -0.137. The predicted octanol–water partition coefficient (Wildman–Crippen LogP) is 1.41. The Balaban J connectivity index is 2.90. The summed E-state index contributed by atoms with van der Waals surface area (Å²) in [5, 5.41) is 11.5. The predicted molar refractivity (Wildman–Crippen MR) is 82.1 cm³/mol. The van der Waals surface area contributed by atoms with Crippen LogP contribution in [0.4, 0.5) is 5.69 Å². The largest absolute Gasteiger partial charge is 0.481 e. The molecule has 1 aromatic rings. The quantitative estimate of drug-likeness (QED) is 0.744. The molecule has 5 nitrogen and oxygen atoms in total. The molecule has 0 fully saturated rings. The number of anilines is 1. The van der Waals surface area contributed by atoms with E-state index >= 15 is 0 Å². The normalized spacial score (nSPS) is 11.3. The summed E-state index contributed by atoms with van der Waals surface area (Å²) in [4.78, 5) is 24.6. The van der Waals surface area contributed by atoms with E-state index in [1.807, 2.05) is 31.2 Å². The van der Waals surface area contributed by atoms with Crippen molar-refractivity contribution in [2.24, 2.45) is 0 Å². The first-order chi connectivity index (χ1) is 9.95. The van der Waals surface area contributed by atoms with Crippen LogP contribution in [0.5, 0.6) is 0 Å². The van der Waals surface area contributed by atoms with Gasteiger partial charge in [-0.15, -0.1) is 6.42 Å². The Morgan fingerprint density at radius 1 is 1.38 bits per heavy atom. The van der Waals surface area contributed by atoms with E-state index in [-0.39, 0.29) is 25.4 Å². The topological polar surface area (TPSA) is 69.6 Å². The van der Waals surface area contributed by atoms with Crippen molar-refractivity contribution >= 4 is 17.6 Å². The van der Waals surface area contributed by atoms with Gasteiger partial charge in [0.1, 0.15) is 6.04 Å². The summed E-state index contributed by atoms with van der Waals surface area (Å²) in [6.45, 7) is 4.11. The van der Waals surface area contributed by atoms with Gasteiger partial charge in [-0.3, -0.25) is 9.59 Å². The molecule has 0 saturated heterocycles. The molecule has 2 N–H and O–H groups in total. The zero-order valence-corrected chi connectivity index (χ0v) is 12.3. The first-order valence-corrected chi connectivity index (χ1v) is 6.72. The second-order valence-electron chi connectivity index (χ2n) is 4.77. The van der Waals surface area contributed by atoms with Crippen LogP contribution in [-0.2, 0) is 9.59 Å². The second-order valence-corrected chi connectivity index (χ2v) is 4.77. The van der Waals surface area contributed by atoms with E-state index in [4.69, 9.17) is 11.5 Å². The molecule has 0 bridgehead atoms. The van der Waals surface area contributed by atoms with Crippen LogP contribution in [0, 0.1) is 19.3 Å². The second kappa shape index (κ2) is 7.95. The molecule has 1 unspecified atom stereocenters. The highest BCUT2D eigenvalue weighted by Gasteiger charge is 2.21. The van der Waals surface area contributed by atoms with Crippen LogP contribution < -0.4 is 10.2 Å². The first-order valence-electron chi connectivity index (χ1n) is 6.72. The van der Waals surface area contributed by atoms with Gasteiger partial charge in [0, 0.05) is 12.2 Å². The molecule has 1 atom stereocenters. The number of carbonyl (C=O) groups excluding carboxylic acids is 1. The minimum atomic E-state index is -0.900. The van der Waals surface area contributed by atoms with Crippen molar-refractivity contribution < 1.29 is 14.7 Å². The van der Waals surface area contributed by atoms with Gasteiger partial charge in [0.15, 0.2) is 0 Å². The zero-order valence-electron chi connectivity index (χ0n) is 12.3. The third-order valence-electron chi connectivity index (χ3n) is 3.14. The fraction of sp³-hybridized carbons (Fsp3) is 0.375. The maximum Gasteiger partial charge on any atom is 0.305 e. The molecular weight excluding hydrogens is 268 g/mol. The Bertz CT molecular complexity index is 531. The van der Waals surface area contributed by atoms with E-state index < -0.39 is 12.0 Å². The van der Waals surface area contributed by atoms with Gasteiger partial charge in [0.25, 0.3) is 0 Å². The summed E-state index contributed by atoms with van der Waals surface area (Å²) in [6.07, 6.45) is 5.08. The number of aryl methyl sites for hydroxylation is 1. The van der Waals surface area contributed by atoms with Crippen molar-refractivity contribution in [3.05, 3.63) is 29.8 Å². The number of rotatable bonds is 7. The van der Waals surface area contributed by atoms with E-state index in [1.165, 1.54) is 0 Å². The lowest BCUT2D eigenvalue weighted by atomic mass is 10.1. The van der Waals surface area contributed by atoms with Gasteiger partial charge in [-0.25, -0.2) is 0 Å². The SMILES string of the molecule is C#CCNC(=O)C(C)N(CCC(=O)O)c1ccc(C)cc1. The van der Waals surface area contributed by atoms with Crippen molar-refractivity contribution in [1.82, 2.24) is 5.32 Å². The van der Waals surface area contributed by atoms with Gasteiger partial charge in [-0.1, -0.05) is 23.6 Å². The molecule has 0 radical (unpaired) electrons. The molecule has 1 rings (SSSR count). The molecule has 5 heteroatoms. The highest BCUT2D eigenvalue weighted by Crippen LogP contribution is 2.18. The Kier molecular flexibility index (Phi) is 6.28. The van der Waals surface area contributed by atoms with E-state index in [0.29, 0.717) is 0 Å². The average molecular weight is 288 g/mol. The van der Waals surface area contributed by atoms with E-state index in [9.17, 15) is 9.59 Å². The van der Waals surface area contributed by atoms with Gasteiger partial charge in [0.05, 0.1) is 13.0 Å². The Morgan fingerprint density at radius 3 is 2.52 bits per heavy atom. The fourth-order valence-electron chi connectivity index (χ4n) is 1.93. The Morgan fingerprint density at radius 2 is 2.00 bits per heavy atom. The van der Waals surface area contributed by atoms with Crippen molar-refractivity contribution in [2.45, 2.75) is 26.3 Å². The molecular formula is C16H20N2O3. The van der Waals surface area contributed by atoms with Gasteiger partial charge in [-0.2, -0.15) is 0 Å². The third-order valence-corrected chi connectivity index (χ3v) is 3.14. The number of amides is 1. The standard InChI is InChI=1S/C16H20N2O3/c1-4-10-17-16(21)13(3)18(11-9-15(19)20)14-7-5-12(2)6-8-14/h1,5-8,13H,9-11H2,2-3H3,(H,17,21)(H,19,20). The fourth-order valence-corrected chi connectivity index (χ4v) is 1.93. The van der Waals surface area contributed by atoms with Crippen LogP contribution in [0.2, 0.25) is 0 Å². The summed E-state index contributed by atoms with van der Waals surface area (Å²) in [7, 11) is 0. The lowest BCUT2D eigenvalue weighted by Crippen LogP contribution is -2.46. The van der Waals surface area contributed by atoms with Crippen LogP contribution in [-0.4, -0.2) is 36.1 Å². The third kappa shape index (κ3) is 5.19. The van der Waals surface area contributed by atoms with E-state index in [0.717, 1.165) is 11.3 Å². The molecule has 0 aliphatic rings. The number of nitrogens with zero attached hydrogens (tertiary/aromatic N) is 1. The number of carbonyl (C=O) groups is 2. The Labute approximate surface area is 125 Å². The number of benzene rings is 1. The van der Waals surface area contributed by atoms with Gasteiger partial charge in [0.2, 0.25) is 5.91 Å². The maximum absolute atomic E-state index is 12.0. The molecule has 1 aromatic carbocycles. The van der Waals surface area contributed by atoms with Crippen molar-refractivity contribution in [2.75, 3.05) is 18.0 Å². The molecule has 1 amide bonds. The molecule has 112 valence electrons. The molecule has 0 saturated carbocycles. The van der Waals surface area contributed by atoms with Crippen LogP contribution in [0.1, 0.15) is 18.9 Å². The molecule has 0 heterocycles. The number of aliphatic carboxylic acids is 1. The number of carboxylic acids is 1. The highest BCUT2D eigenvalue weighted by molar-refractivity contribution is 5.85. The zero-order chi connectivity index (χ0) is 15.8. The van der Waals surface area contributed by atoms with Crippen LogP contribution in [0.15, 0.2) is 24.3 Å². The van der Waals surface area contributed by atoms with Crippen LogP contribution in [0.25, 0.3) is 0 Å². The lowest BCUT2D eigenvalue weighted by Gasteiger charge is -2.30. The molecule has 0 aromatic heterocycles. The van der Waals surface area contributed by atoms with Crippen molar-refractivity contribution in [1.29, 1.82) is 0 Å². The molecule has 0 aliphatic carbocycles. The maximum atomic E-state index is 12.0. The van der Waals surface area contributed by atoms with E-state index in [2.05, 4.69) is 11.2 Å². The smallest absolute Gasteiger partial charge is 0.305 e. The number of nitrogens with one attached hydrogen (secondary N) is 1. The number of terminal acetylenes is 1. The summed E-state index contributed by atoms with van der Waals surface area (Å²) in [5.74, 6) is 1.22. The Hall–Kier alpha value is -2.48. The molecule has 0 spiro atoms. The van der Waals surface area contributed by atoms with E-state index in [1.54, 1.807) is 11.8 Å². The van der Waals surface area contributed by atoms with Gasteiger partial charge in [-0.05, 0) is 26.0 Å². The molecule has 0 aliphatic heterocycles. The highest BCUT2D eigenvalue weighted by atomic mass is 16.4. The van der Waals surface area contributed by atoms with Crippen LogP contribution in [0.3, 0.4) is 0 Å². The summed E-state index contributed by atoms with van der Waals surface area (Å²) in [6, 6.07) is 7.11. The summed E-state index contributed by atoms with van der Waals surface area (Å²) < 4.78 is 0. The van der Waals surface area contributed by atoms with Gasteiger partial charge < -0.3 is 15.3 Å². The minimum Gasteiger partial charge on any atom is -0.481 e. The summed E-state index contributed by atoms with van der Waals surface area (Å²) in [5.41, 5.74) is 1.91. The van der Waals surface area contributed by atoms with Crippen molar-refractivity contribution in [3.63, 3.8) is 0 Å². The number of carboxylic acid groups (broad SMARTS) is 1.